The highest BCUT2D eigenvalue weighted by molar-refractivity contribution is 7.15. The Morgan fingerprint density at radius 1 is 1.42 bits per heavy atom. The molecule has 0 radical (unpaired) electrons. The van der Waals surface area contributed by atoms with Crippen LogP contribution in [0.25, 0.3) is 4.96 Å². The second-order valence-corrected chi connectivity index (χ2v) is 5.70. The third-order valence-electron chi connectivity index (χ3n) is 3.61. The molecular formula is C12H14N4O2S. The third kappa shape index (κ3) is 1.99. The first-order valence-electron chi connectivity index (χ1n) is 6.15. The monoisotopic (exact) mass is 278 g/mol. The average Bonchev–Trinajstić information content (AvgIpc) is 3.02. The van der Waals surface area contributed by atoms with Crippen LogP contribution in [-0.2, 0) is 4.79 Å². The van der Waals surface area contributed by atoms with Crippen LogP contribution < -0.4 is 11.1 Å². The molecule has 2 heterocycles. The van der Waals surface area contributed by atoms with Gasteiger partial charge in [0.1, 0.15) is 11.2 Å². The van der Waals surface area contributed by atoms with Gasteiger partial charge in [0.15, 0.2) is 4.96 Å². The number of primary amides is 1. The molecule has 19 heavy (non-hydrogen) atoms. The van der Waals surface area contributed by atoms with E-state index in [-0.39, 0.29) is 5.91 Å². The zero-order chi connectivity index (χ0) is 13.5. The minimum absolute atomic E-state index is 0.319. The summed E-state index contributed by atoms with van der Waals surface area (Å²) in [5.41, 5.74) is 4.86. The molecule has 2 aromatic rings. The van der Waals surface area contributed by atoms with Crippen LogP contribution in [0.4, 0.5) is 0 Å². The standard InChI is InChI=1S/C12H14N4O2S/c13-10(18)12(3-1-2-4-12)15-9(17)8-7-16-5-6-19-11(16)14-8/h5-7H,1-4H2,(H2,13,18)(H,15,17). The van der Waals surface area contributed by atoms with Gasteiger partial charge >= 0.3 is 0 Å². The SMILES string of the molecule is NC(=O)C1(NC(=O)c2cn3ccsc3n2)CCCC1. The van der Waals surface area contributed by atoms with Gasteiger partial charge in [-0.2, -0.15) is 0 Å². The van der Waals surface area contributed by atoms with Crippen LogP contribution in [0.5, 0.6) is 0 Å². The predicted octanol–water partition coefficient (Wildman–Crippen LogP) is 0.924. The van der Waals surface area contributed by atoms with Crippen molar-refractivity contribution in [2.45, 2.75) is 31.2 Å². The quantitative estimate of drug-likeness (QED) is 0.875. The van der Waals surface area contributed by atoms with Gasteiger partial charge in [-0.15, -0.1) is 11.3 Å². The van der Waals surface area contributed by atoms with Crippen molar-refractivity contribution in [3.63, 3.8) is 0 Å². The van der Waals surface area contributed by atoms with Crippen LogP contribution in [0.1, 0.15) is 36.2 Å². The Hall–Kier alpha value is -1.89. The van der Waals surface area contributed by atoms with Crippen molar-refractivity contribution in [2.75, 3.05) is 0 Å². The Morgan fingerprint density at radius 3 is 2.79 bits per heavy atom. The number of hydrogen-bond donors (Lipinski definition) is 2. The number of carbonyl (C=O) groups excluding carboxylic acids is 2. The molecule has 1 fully saturated rings. The number of amides is 2. The van der Waals surface area contributed by atoms with Gasteiger partial charge in [0, 0.05) is 17.8 Å². The Labute approximate surface area is 113 Å². The lowest BCUT2D eigenvalue weighted by Crippen LogP contribution is -2.55. The molecule has 0 atom stereocenters. The zero-order valence-corrected chi connectivity index (χ0v) is 11.1. The lowest BCUT2D eigenvalue weighted by molar-refractivity contribution is -0.123. The molecule has 1 saturated carbocycles. The van der Waals surface area contributed by atoms with E-state index >= 15 is 0 Å². The number of carbonyl (C=O) groups is 2. The van der Waals surface area contributed by atoms with E-state index in [9.17, 15) is 9.59 Å². The van der Waals surface area contributed by atoms with Crippen molar-refractivity contribution in [3.8, 4) is 0 Å². The molecule has 0 aliphatic heterocycles. The molecule has 0 bridgehead atoms. The summed E-state index contributed by atoms with van der Waals surface area (Å²) in [6, 6.07) is 0. The highest BCUT2D eigenvalue weighted by Crippen LogP contribution is 2.29. The number of fused-ring (bicyclic) bond motifs is 1. The lowest BCUT2D eigenvalue weighted by atomic mass is 9.96. The summed E-state index contributed by atoms with van der Waals surface area (Å²) in [5, 5.41) is 4.67. The van der Waals surface area contributed by atoms with Crippen LogP contribution in [-0.4, -0.2) is 26.7 Å². The summed E-state index contributed by atoms with van der Waals surface area (Å²) in [4.78, 5) is 28.8. The van der Waals surface area contributed by atoms with Gasteiger partial charge in [0.05, 0.1) is 0 Å². The highest BCUT2D eigenvalue weighted by Gasteiger charge is 2.41. The van der Waals surface area contributed by atoms with E-state index in [1.165, 1.54) is 11.3 Å². The Balaban J connectivity index is 1.84. The van der Waals surface area contributed by atoms with Gasteiger partial charge in [-0.1, -0.05) is 12.8 Å². The van der Waals surface area contributed by atoms with Crippen molar-refractivity contribution in [3.05, 3.63) is 23.5 Å². The summed E-state index contributed by atoms with van der Waals surface area (Å²) in [5.74, 6) is -0.795. The molecule has 0 unspecified atom stereocenters. The summed E-state index contributed by atoms with van der Waals surface area (Å²) >= 11 is 1.45. The van der Waals surface area contributed by atoms with E-state index in [0.29, 0.717) is 18.5 Å². The molecule has 2 amide bonds. The molecule has 1 aliphatic carbocycles. The number of nitrogens with two attached hydrogens (primary N) is 1. The van der Waals surface area contributed by atoms with Gasteiger partial charge in [-0.05, 0) is 12.8 Å². The van der Waals surface area contributed by atoms with Crippen molar-refractivity contribution < 1.29 is 9.59 Å². The van der Waals surface area contributed by atoms with Crippen molar-refractivity contribution in [1.29, 1.82) is 0 Å². The number of nitrogens with one attached hydrogen (secondary N) is 1. The average molecular weight is 278 g/mol. The van der Waals surface area contributed by atoms with Crippen LogP contribution in [0.15, 0.2) is 17.8 Å². The summed E-state index contributed by atoms with van der Waals surface area (Å²) in [6.07, 6.45) is 6.52. The predicted molar refractivity (Wildman–Crippen MR) is 70.9 cm³/mol. The van der Waals surface area contributed by atoms with E-state index in [4.69, 9.17) is 5.73 Å². The topological polar surface area (TPSA) is 89.5 Å². The van der Waals surface area contributed by atoms with Gasteiger partial charge in [0.25, 0.3) is 5.91 Å². The number of hydrogen-bond acceptors (Lipinski definition) is 4. The first kappa shape index (κ1) is 12.2. The van der Waals surface area contributed by atoms with E-state index in [1.807, 2.05) is 11.6 Å². The maximum absolute atomic E-state index is 12.2. The van der Waals surface area contributed by atoms with Crippen molar-refractivity contribution >= 4 is 28.1 Å². The molecule has 100 valence electrons. The minimum Gasteiger partial charge on any atom is -0.368 e. The highest BCUT2D eigenvalue weighted by atomic mass is 32.1. The van der Waals surface area contributed by atoms with Crippen LogP contribution in [0.2, 0.25) is 0 Å². The second-order valence-electron chi connectivity index (χ2n) is 4.83. The lowest BCUT2D eigenvalue weighted by Gasteiger charge is -2.25. The van der Waals surface area contributed by atoms with E-state index in [1.54, 1.807) is 10.6 Å². The fourth-order valence-corrected chi connectivity index (χ4v) is 3.23. The Morgan fingerprint density at radius 2 is 2.16 bits per heavy atom. The van der Waals surface area contributed by atoms with Crippen LogP contribution in [0.3, 0.4) is 0 Å². The largest absolute Gasteiger partial charge is 0.368 e. The molecule has 1 aliphatic rings. The van der Waals surface area contributed by atoms with Gasteiger partial charge < -0.3 is 11.1 Å². The van der Waals surface area contributed by atoms with E-state index in [0.717, 1.165) is 17.8 Å². The number of rotatable bonds is 3. The minimum atomic E-state index is -0.895. The molecule has 6 nitrogen and oxygen atoms in total. The fourth-order valence-electron chi connectivity index (χ4n) is 2.53. The third-order valence-corrected chi connectivity index (χ3v) is 4.38. The van der Waals surface area contributed by atoms with Crippen molar-refractivity contribution in [1.82, 2.24) is 14.7 Å². The summed E-state index contributed by atoms with van der Waals surface area (Å²) in [6.45, 7) is 0. The van der Waals surface area contributed by atoms with Gasteiger partial charge in [0.2, 0.25) is 5.91 Å². The molecule has 0 saturated heterocycles. The Kier molecular flexibility index (Phi) is 2.78. The Bertz CT molecular complexity index is 610. The van der Waals surface area contributed by atoms with Crippen molar-refractivity contribution in [2.24, 2.45) is 5.73 Å². The molecule has 3 rings (SSSR count). The fraction of sp³-hybridized carbons (Fsp3) is 0.417. The van der Waals surface area contributed by atoms with E-state index in [2.05, 4.69) is 10.3 Å². The van der Waals surface area contributed by atoms with Crippen LogP contribution in [0, 0.1) is 0 Å². The molecular weight excluding hydrogens is 264 g/mol. The first-order chi connectivity index (χ1) is 9.11. The normalized spacial score (nSPS) is 17.7. The van der Waals surface area contributed by atoms with Gasteiger partial charge in [-0.25, -0.2) is 4.98 Å². The molecule has 7 heteroatoms. The summed E-state index contributed by atoms with van der Waals surface area (Å²) < 4.78 is 1.78. The number of imidazole rings is 1. The summed E-state index contributed by atoms with van der Waals surface area (Å²) in [7, 11) is 0. The first-order valence-corrected chi connectivity index (χ1v) is 7.03. The van der Waals surface area contributed by atoms with Gasteiger partial charge in [-0.3, -0.25) is 14.0 Å². The number of aromatic nitrogens is 2. The maximum Gasteiger partial charge on any atom is 0.272 e. The smallest absolute Gasteiger partial charge is 0.272 e. The molecule has 2 aromatic heterocycles. The number of thiazole rings is 1. The molecule has 0 aromatic carbocycles. The zero-order valence-electron chi connectivity index (χ0n) is 10.3. The molecule has 3 N–H and O–H groups in total. The van der Waals surface area contributed by atoms with Crippen LogP contribution >= 0.6 is 11.3 Å². The van der Waals surface area contributed by atoms with E-state index < -0.39 is 11.4 Å². The maximum atomic E-state index is 12.2. The second kappa shape index (κ2) is 4.34. The molecule has 0 spiro atoms. The number of nitrogens with zero attached hydrogens (tertiary/aromatic N) is 2.